The maximum Gasteiger partial charge on any atom is 0.197 e. The summed E-state index contributed by atoms with van der Waals surface area (Å²) in [4.78, 5) is 16.4. The summed E-state index contributed by atoms with van der Waals surface area (Å²) in [5.41, 5.74) is 18.0. The maximum absolute atomic E-state index is 5.87. The van der Waals surface area contributed by atoms with Crippen molar-refractivity contribution in [3.05, 3.63) is 18.0 Å². The molecule has 7 nitrogen and oxygen atoms in total. The van der Waals surface area contributed by atoms with E-state index in [9.17, 15) is 0 Å². The second-order valence-corrected chi connectivity index (χ2v) is 4.85. The fourth-order valence-corrected chi connectivity index (χ4v) is 2.48. The maximum atomic E-state index is 5.87. The first-order valence-corrected chi connectivity index (χ1v) is 6.59. The Morgan fingerprint density at radius 1 is 1.11 bits per heavy atom. The molecule has 0 unspecified atom stereocenters. The Morgan fingerprint density at radius 3 is 2.42 bits per heavy atom. The van der Waals surface area contributed by atoms with Gasteiger partial charge in [-0.15, -0.1) is 0 Å². The van der Waals surface area contributed by atoms with Gasteiger partial charge in [-0.25, -0.2) is 19.9 Å². The van der Waals surface area contributed by atoms with Crippen LogP contribution in [-0.4, -0.2) is 19.9 Å². The van der Waals surface area contributed by atoms with Crippen LogP contribution in [0.1, 0.15) is 18.9 Å². The van der Waals surface area contributed by atoms with Gasteiger partial charge in [0, 0.05) is 11.6 Å². The first-order valence-electron chi connectivity index (χ1n) is 5.77. The number of hydrogen-bond donors (Lipinski definition) is 3. The minimum Gasteiger partial charge on any atom is -0.383 e. The summed E-state index contributed by atoms with van der Waals surface area (Å²) < 4.78 is 0. The molecule has 6 N–H and O–H groups in total. The van der Waals surface area contributed by atoms with E-state index in [1.807, 2.05) is 0 Å². The van der Waals surface area contributed by atoms with Gasteiger partial charge in [0.1, 0.15) is 28.8 Å². The highest BCUT2D eigenvalue weighted by Gasteiger charge is 2.12. The molecule has 0 spiro atoms. The fraction of sp³-hybridized carbons (Fsp3) is 0.273. The van der Waals surface area contributed by atoms with Gasteiger partial charge < -0.3 is 17.2 Å². The lowest BCUT2D eigenvalue weighted by atomic mass is 10.2. The molecular formula is C11H15N7S. The summed E-state index contributed by atoms with van der Waals surface area (Å²) in [5.74, 6) is 1.14. The van der Waals surface area contributed by atoms with E-state index in [0.29, 0.717) is 22.6 Å². The predicted octanol–water partition coefficient (Wildman–Crippen LogP) is 1.12. The SMILES string of the molecule is CCCc1c(N)ncnc1Sc1nc(N)cc(N)n1. The second kappa shape index (κ2) is 5.70. The van der Waals surface area contributed by atoms with Gasteiger partial charge in [0.15, 0.2) is 5.16 Å². The van der Waals surface area contributed by atoms with Crippen molar-refractivity contribution in [3.63, 3.8) is 0 Å². The molecule has 0 aromatic carbocycles. The van der Waals surface area contributed by atoms with E-state index >= 15 is 0 Å². The standard InChI is InChI=1S/C11H15N7S/c1-2-3-6-9(14)15-5-16-10(6)19-11-17-7(12)4-8(13)18-11/h4-5H,2-3H2,1H3,(H2,14,15,16)(H4,12,13,17,18). The lowest BCUT2D eigenvalue weighted by Gasteiger charge is -2.08. The highest BCUT2D eigenvalue weighted by molar-refractivity contribution is 7.99. The van der Waals surface area contributed by atoms with Crippen LogP contribution in [0.2, 0.25) is 0 Å². The average Bonchev–Trinajstić information content (AvgIpc) is 2.32. The van der Waals surface area contributed by atoms with Crippen molar-refractivity contribution < 1.29 is 0 Å². The summed E-state index contributed by atoms with van der Waals surface area (Å²) in [5, 5.41) is 1.19. The Labute approximate surface area is 115 Å². The molecule has 2 aromatic rings. The molecule has 0 saturated carbocycles. The number of aromatic nitrogens is 4. The van der Waals surface area contributed by atoms with Crippen LogP contribution >= 0.6 is 11.8 Å². The van der Waals surface area contributed by atoms with Crippen LogP contribution in [0.15, 0.2) is 22.6 Å². The second-order valence-electron chi connectivity index (χ2n) is 3.89. The minimum atomic E-state index is 0.328. The molecule has 0 saturated heterocycles. The number of nitrogen functional groups attached to an aromatic ring is 3. The Bertz CT molecular complexity index is 567. The summed E-state index contributed by atoms with van der Waals surface area (Å²) >= 11 is 1.28. The Hall–Kier alpha value is -2.09. The molecule has 100 valence electrons. The molecular weight excluding hydrogens is 262 g/mol. The summed E-state index contributed by atoms with van der Waals surface area (Å²) in [6.07, 6.45) is 3.17. The van der Waals surface area contributed by atoms with Crippen LogP contribution in [-0.2, 0) is 6.42 Å². The molecule has 0 aliphatic rings. The van der Waals surface area contributed by atoms with Crippen molar-refractivity contribution in [1.82, 2.24) is 19.9 Å². The number of nitrogens with two attached hydrogens (primary N) is 3. The van der Waals surface area contributed by atoms with Crippen molar-refractivity contribution >= 4 is 29.2 Å². The third-order valence-electron chi connectivity index (χ3n) is 2.37. The van der Waals surface area contributed by atoms with E-state index in [0.717, 1.165) is 23.4 Å². The molecule has 0 radical (unpaired) electrons. The van der Waals surface area contributed by atoms with E-state index < -0.39 is 0 Å². The van der Waals surface area contributed by atoms with Gasteiger partial charge in [0.25, 0.3) is 0 Å². The smallest absolute Gasteiger partial charge is 0.197 e. The highest BCUT2D eigenvalue weighted by atomic mass is 32.2. The molecule has 0 aliphatic heterocycles. The van der Waals surface area contributed by atoms with Gasteiger partial charge >= 0.3 is 0 Å². The zero-order valence-corrected chi connectivity index (χ0v) is 11.3. The van der Waals surface area contributed by atoms with Crippen LogP contribution in [0, 0.1) is 0 Å². The number of hydrogen-bond acceptors (Lipinski definition) is 8. The van der Waals surface area contributed by atoms with Crippen molar-refractivity contribution in [1.29, 1.82) is 0 Å². The molecule has 19 heavy (non-hydrogen) atoms. The van der Waals surface area contributed by atoms with Gasteiger partial charge in [0.05, 0.1) is 0 Å². The van der Waals surface area contributed by atoms with E-state index in [1.165, 1.54) is 24.2 Å². The van der Waals surface area contributed by atoms with Crippen LogP contribution in [0.5, 0.6) is 0 Å². The average molecular weight is 277 g/mol. The van der Waals surface area contributed by atoms with Gasteiger partial charge in [-0.3, -0.25) is 0 Å². The molecule has 2 aromatic heterocycles. The topological polar surface area (TPSA) is 130 Å². The van der Waals surface area contributed by atoms with Crippen LogP contribution in [0.4, 0.5) is 17.5 Å². The van der Waals surface area contributed by atoms with E-state index in [-0.39, 0.29) is 0 Å². The quantitative estimate of drug-likeness (QED) is 0.560. The Kier molecular flexibility index (Phi) is 4.00. The first-order chi connectivity index (χ1) is 9.10. The summed E-state index contributed by atoms with van der Waals surface area (Å²) in [6.45, 7) is 2.07. The molecule has 0 fully saturated rings. The van der Waals surface area contributed by atoms with Crippen LogP contribution in [0.3, 0.4) is 0 Å². The monoisotopic (exact) mass is 277 g/mol. The number of nitrogens with zero attached hydrogens (tertiary/aromatic N) is 4. The third kappa shape index (κ3) is 3.22. The van der Waals surface area contributed by atoms with E-state index in [2.05, 4.69) is 26.9 Å². The Balaban J connectivity index is 2.34. The van der Waals surface area contributed by atoms with E-state index in [1.54, 1.807) is 0 Å². The lowest BCUT2D eigenvalue weighted by molar-refractivity contribution is 0.858. The van der Waals surface area contributed by atoms with Gasteiger partial charge in [-0.05, 0) is 18.2 Å². The summed E-state index contributed by atoms with van der Waals surface area (Å²) in [7, 11) is 0. The van der Waals surface area contributed by atoms with Crippen molar-refractivity contribution in [3.8, 4) is 0 Å². The summed E-state index contributed by atoms with van der Waals surface area (Å²) in [6, 6.07) is 1.51. The van der Waals surface area contributed by atoms with Crippen molar-refractivity contribution in [2.45, 2.75) is 29.9 Å². The zero-order valence-electron chi connectivity index (χ0n) is 10.5. The van der Waals surface area contributed by atoms with Crippen molar-refractivity contribution in [2.75, 3.05) is 17.2 Å². The molecule has 2 rings (SSSR count). The minimum absolute atomic E-state index is 0.328. The zero-order chi connectivity index (χ0) is 13.8. The predicted molar refractivity (Wildman–Crippen MR) is 75.4 cm³/mol. The molecule has 0 atom stereocenters. The largest absolute Gasteiger partial charge is 0.383 e. The molecule has 0 amide bonds. The van der Waals surface area contributed by atoms with Gasteiger partial charge in [-0.2, -0.15) is 0 Å². The third-order valence-corrected chi connectivity index (χ3v) is 3.28. The van der Waals surface area contributed by atoms with Crippen LogP contribution in [0.25, 0.3) is 0 Å². The molecule has 0 aliphatic carbocycles. The number of anilines is 3. The number of rotatable bonds is 4. The van der Waals surface area contributed by atoms with Crippen molar-refractivity contribution in [2.24, 2.45) is 0 Å². The molecule has 8 heteroatoms. The van der Waals surface area contributed by atoms with Gasteiger partial charge in [0.2, 0.25) is 0 Å². The lowest BCUT2D eigenvalue weighted by Crippen LogP contribution is -2.03. The highest BCUT2D eigenvalue weighted by Crippen LogP contribution is 2.29. The molecule has 0 bridgehead atoms. The van der Waals surface area contributed by atoms with Gasteiger partial charge in [-0.1, -0.05) is 13.3 Å². The molecule has 2 heterocycles. The van der Waals surface area contributed by atoms with Crippen LogP contribution < -0.4 is 17.2 Å². The van der Waals surface area contributed by atoms with E-state index in [4.69, 9.17) is 17.2 Å². The Morgan fingerprint density at radius 2 is 1.79 bits per heavy atom. The first kappa shape index (κ1) is 13.3. The fourth-order valence-electron chi connectivity index (χ4n) is 1.58. The normalized spacial score (nSPS) is 10.6.